The summed E-state index contributed by atoms with van der Waals surface area (Å²) < 4.78 is 0. The van der Waals surface area contributed by atoms with E-state index in [1.165, 1.54) is 0 Å². The van der Waals surface area contributed by atoms with E-state index in [-0.39, 0.29) is 5.91 Å². The monoisotopic (exact) mass is 273 g/mol. The third-order valence-corrected chi connectivity index (χ3v) is 3.83. The second kappa shape index (κ2) is 5.87. The summed E-state index contributed by atoms with van der Waals surface area (Å²) in [4.78, 5) is 24.6. The lowest BCUT2D eigenvalue weighted by Gasteiger charge is -2.37. The number of aromatic nitrogens is 2. The molecule has 2 rings (SSSR count). The Kier molecular flexibility index (Phi) is 4.18. The van der Waals surface area contributed by atoms with Crippen molar-refractivity contribution in [1.29, 1.82) is 5.26 Å². The number of carbonyl (C=O) groups excluding carboxylic acids is 1. The molecule has 20 heavy (non-hydrogen) atoms. The van der Waals surface area contributed by atoms with Gasteiger partial charge in [-0.2, -0.15) is 5.26 Å². The van der Waals surface area contributed by atoms with Crippen molar-refractivity contribution >= 4 is 11.9 Å². The molecular formula is C14H19N5O. The van der Waals surface area contributed by atoms with Gasteiger partial charge in [-0.3, -0.25) is 4.79 Å². The minimum atomic E-state index is -0.911. The molecule has 1 aliphatic heterocycles. The molecule has 1 aromatic rings. The van der Waals surface area contributed by atoms with Crippen molar-refractivity contribution in [3.63, 3.8) is 0 Å². The SMILES string of the molecule is CCC(C)(C#N)C(=O)N1CCN(c2ncccn2)CC1. The first-order valence-electron chi connectivity index (χ1n) is 6.83. The minimum Gasteiger partial charge on any atom is -0.338 e. The van der Waals surface area contributed by atoms with Crippen molar-refractivity contribution in [2.45, 2.75) is 20.3 Å². The van der Waals surface area contributed by atoms with E-state index in [1.54, 1.807) is 30.3 Å². The molecule has 0 bridgehead atoms. The van der Waals surface area contributed by atoms with E-state index in [0.717, 1.165) is 0 Å². The van der Waals surface area contributed by atoms with Gasteiger partial charge < -0.3 is 9.80 Å². The predicted octanol–water partition coefficient (Wildman–Crippen LogP) is 1.07. The molecule has 0 aliphatic carbocycles. The van der Waals surface area contributed by atoms with Crippen LogP contribution in [0.2, 0.25) is 0 Å². The highest BCUT2D eigenvalue weighted by Gasteiger charge is 2.36. The highest BCUT2D eigenvalue weighted by atomic mass is 16.2. The number of piperazine rings is 1. The third kappa shape index (κ3) is 2.72. The van der Waals surface area contributed by atoms with E-state index < -0.39 is 5.41 Å². The Bertz CT molecular complexity index is 504. The summed E-state index contributed by atoms with van der Waals surface area (Å²) in [6.07, 6.45) is 3.96. The van der Waals surface area contributed by atoms with E-state index >= 15 is 0 Å². The maximum absolute atomic E-state index is 12.4. The maximum Gasteiger partial charge on any atom is 0.242 e. The van der Waals surface area contributed by atoms with Crippen LogP contribution in [-0.4, -0.2) is 47.0 Å². The average Bonchev–Trinajstić information content (AvgIpc) is 2.54. The van der Waals surface area contributed by atoms with Crippen molar-refractivity contribution in [1.82, 2.24) is 14.9 Å². The van der Waals surface area contributed by atoms with Crippen molar-refractivity contribution < 1.29 is 4.79 Å². The molecule has 1 atom stereocenters. The number of carbonyl (C=O) groups is 1. The molecule has 0 N–H and O–H groups in total. The molecule has 1 amide bonds. The summed E-state index contributed by atoms with van der Waals surface area (Å²) in [7, 11) is 0. The van der Waals surface area contributed by atoms with E-state index in [0.29, 0.717) is 38.5 Å². The smallest absolute Gasteiger partial charge is 0.242 e. The van der Waals surface area contributed by atoms with E-state index in [2.05, 4.69) is 20.9 Å². The molecule has 0 saturated carbocycles. The van der Waals surface area contributed by atoms with Gasteiger partial charge in [0.25, 0.3) is 0 Å². The van der Waals surface area contributed by atoms with Gasteiger partial charge in [0.15, 0.2) is 0 Å². The average molecular weight is 273 g/mol. The standard InChI is InChI=1S/C14H19N5O/c1-3-14(2,11-15)12(20)18-7-9-19(10-8-18)13-16-5-4-6-17-13/h4-6H,3,7-10H2,1-2H3. The van der Waals surface area contributed by atoms with Crippen LogP contribution in [-0.2, 0) is 4.79 Å². The zero-order chi connectivity index (χ0) is 14.6. The predicted molar refractivity (Wildman–Crippen MR) is 74.8 cm³/mol. The van der Waals surface area contributed by atoms with Crippen LogP contribution in [0.25, 0.3) is 0 Å². The first-order valence-corrected chi connectivity index (χ1v) is 6.83. The lowest BCUT2D eigenvalue weighted by Crippen LogP contribution is -2.52. The molecule has 1 saturated heterocycles. The summed E-state index contributed by atoms with van der Waals surface area (Å²) in [5.74, 6) is 0.620. The number of hydrogen-bond acceptors (Lipinski definition) is 5. The second-order valence-electron chi connectivity index (χ2n) is 5.13. The van der Waals surface area contributed by atoms with Crippen LogP contribution >= 0.6 is 0 Å². The van der Waals surface area contributed by atoms with Gasteiger partial charge in [-0.25, -0.2) is 9.97 Å². The molecule has 0 spiro atoms. The van der Waals surface area contributed by atoms with Gasteiger partial charge in [-0.15, -0.1) is 0 Å². The molecule has 106 valence electrons. The normalized spacial score (nSPS) is 18.2. The van der Waals surface area contributed by atoms with Gasteiger partial charge in [-0.1, -0.05) is 6.92 Å². The fourth-order valence-corrected chi connectivity index (χ4v) is 2.19. The Morgan fingerprint density at radius 3 is 2.45 bits per heavy atom. The summed E-state index contributed by atoms with van der Waals surface area (Å²) in [6, 6.07) is 3.92. The zero-order valence-electron chi connectivity index (χ0n) is 11.9. The Balaban J connectivity index is 1.98. The molecule has 1 unspecified atom stereocenters. The number of hydrogen-bond donors (Lipinski definition) is 0. The van der Waals surface area contributed by atoms with Crippen LogP contribution in [0.1, 0.15) is 20.3 Å². The highest BCUT2D eigenvalue weighted by molar-refractivity contribution is 5.85. The number of amides is 1. The topological polar surface area (TPSA) is 73.1 Å². The molecule has 2 heterocycles. The largest absolute Gasteiger partial charge is 0.338 e. The molecule has 1 aliphatic rings. The number of anilines is 1. The van der Waals surface area contributed by atoms with Crippen molar-refractivity contribution in [2.24, 2.45) is 5.41 Å². The summed E-state index contributed by atoms with van der Waals surface area (Å²) in [6.45, 7) is 6.18. The van der Waals surface area contributed by atoms with Crippen molar-refractivity contribution in [2.75, 3.05) is 31.1 Å². The van der Waals surface area contributed by atoms with Crippen molar-refractivity contribution in [3.8, 4) is 6.07 Å². The molecule has 0 aromatic carbocycles. The van der Waals surface area contributed by atoms with Gasteiger partial charge in [0.05, 0.1) is 6.07 Å². The van der Waals surface area contributed by atoms with Crippen LogP contribution in [0.4, 0.5) is 5.95 Å². The summed E-state index contributed by atoms with van der Waals surface area (Å²) >= 11 is 0. The van der Waals surface area contributed by atoms with Gasteiger partial charge in [0.2, 0.25) is 11.9 Å². The second-order valence-corrected chi connectivity index (χ2v) is 5.13. The molecule has 0 radical (unpaired) electrons. The first kappa shape index (κ1) is 14.3. The van der Waals surface area contributed by atoms with Gasteiger partial charge in [-0.05, 0) is 19.4 Å². The third-order valence-electron chi connectivity index (χ3n) is 3.83. The van der Waals surface area contributed by atoms with Gasteiger partial charge >= 0.3 is 0 Å². The van der Waals surface area contributed by atoms with E-state index in [1.807, 2.05) is 6.92 Å². The lowest BCUT2D eigenvalue weighted by molar-refractivity contribution is -0.138. The Morgan fingerprint density at radius 1 is 1.35 bits per heavy atom. The van der Waals surface area contributed by atoms with Crippen LogP contribution in [0.15, 0.2) is 18.5 Å². The maximum atomic E-state index is 12.4. The number of nitrogens with zero attached hydrogens (tertiary/aromatic N) is 5. The van der Waals surface area contributed by atoms with Crippen LogP contribution in [0.5, 0.6) is 0 Å². The highest BCUT2D eigenvalue weighted by Crippen LogP contribution is 2.24. The lowest BCUT2D eigenvalue weighted by atomic mass is 9.87. The Labute approximate surface area is 119 Å². The molecular weight excluding hydrogens is 254 g/mol. The zero-order valence-corrected chi connectivity index (χ0v) is 11.9. The minimum absolute atomic E-state index is 0.0730. The number of rotatable bonds is 3. The molecule has 1 fully saturated rings. The first-order chi connectivity index (χ1) is 9.60. The van der Waals surface area contributed by atoms with E-state index in [9.17, 15) is 10.1 Å². The van der Waals surface area contributed by atoms with Crippen LogP contribution < -0.4 is 4.90 Å². The van der Waals surface area contributed by atoms with Gasteiger partial charge in [0.1, 0.15) is 5.41 Å². The fraction of sp³-hybridized carbons (Fsp3) is 0.571. The molecule has 6 heteroatoms. The fourth-order valence-electron chi connectivity index (χ4n) is 2.19. The Hall–Kier alpha value is -2.16. The van der Waals surface area contributed by atoms with E-state index in [4.69, 9.17) is 0 Å². The Morgan fingerprint density at radius 2 is 1.95 bits per heavy atom. The summed E-state index contributed by atoms with van der Waals surface area (Å²) in [5, 5.41) is 9.19. The number of nitriles is 1. The van der Waals surface area contributed by atoms with Gasteiger partial charge in [0, 0.05) is 38.6 Å². The van der Waals surface area contributed by atoms with Crippen molar-refractivity contribution in [3.05, 3.63) is 18.5 Å². The van der Waals surface area contributed by atoms with Crippen LogP contribution in [0, 0.1) is 16.7 Å². The summed E-state index contributed by atoms with van der Waals surface area (Å²) in [5.41, 5.74) is -0.911. The molecule has 6 nitrogen and oxygen atoms in total. The molecule has 1 aromatic heterocycles. The quantitative estimate of drug-likeness (QED) is 0.823. The van der Waals surface area contributed by atoms with Crippen LogP contribution in [0.3, 0.4) is 0 Å².